The number of rotatable bonds is 4. The molecule has 3 heteroatoms. The molecule has 0 spiro atoms. The molecular weight excluding hydrogens is 266 g/mol. The monoisotopic (exact) mass is 281 g/mol. The largest absolute Gasteiger partial charge is 0.508 e. The van der Waals surface area contributed by atoms with Crippen LogP contribution in [0.5, 0.6) is 5.75 Å². The molecule has 0 saturated carbocycles. The van der Waals surface area contributed by atoms with Gasteiger partial charge in [0.1, 0.15) is 5.75 Å². The Morgan fingerprint density at radius 2 is 2.25 bits per heavy atom. The van der Waals surface area contributed by atoms with E-state index in [1.807, 2.05) is 26.0 Å². The number of halogens is 1. The summed E-state index contributed by atoms with van der Waals surface area (Å²) in [6, 6.07) is 5.58. The van der Waals surface area contributed by atoms with Gasteiger partial charge in [0.25, 0.3) is 0 Å². The third-order valence-corrected chi connectivity index (χ3v) is 2.83. The average Bonchev–Trinajstić information content (AvgIpc) is 2.27. The zero-order valence-electron chi connectivity index (χ0n) is 9.55. The smallest absolute Gasteiger partial charge is 0.120 e. The molecule has 0 aromatic heterocycles. The number of phenols is 1. The first-order valence-electron chi connectivity index (χ1n) is 5.26. The first-order chi connectivity index (χ1) is 7.65. The predicted molar refractivity (Wildman–Crippen MR) is 70.3 cm³/mol. The van der Waals surface area contributed by atoms with E-state index in [1.165, 1.54) is 0 Å². The molecule has 0 unspecified atom stereocenters. The third kappa shape index (κ3) is 3.88. The summed E-state index contributed by atoms with van der Waals surface area (Å²) in [7, 11) is 0. The van der Waals surface area contributed by atoms with Crippen LogP contribution in [-0.4, -0.2) is 11.7 Å². The second kappa shape index (κ2) is 6.57. The Bertz CT molecular complexity index is 406. The van der Waals surface area contributed by atoms with Crippen LogP contribution in [0.1, 0.15) is 31.9 Å². The molecule has 0 radical (unpaired) electrons. The molecule has 0 heterocycles. The number of hydrogen-bond acceptors (Lipinski definition) is 2. The molecule has 1 aromatic rings. The lowest BCUT2D eigenvalue weighted by Gasteiger charge is -2.15. The van der Waals surface area contributed by atoms with E-state index in [9.17, 15) is 5.11 Å². The molecule has 86 valence electrons. The second-order valence-electron chi connectivity index (χ2n) is 3.56. The van der Waals surface area contributed by atoms with Crippen LogP contribution in [0.3, 0.4) is 0 Å². The van der Waals surface area contributed by atoms with Crippen molar-refractivity contribution in [3.05, 3.63) is 28.2 Å². The molecule has 0 amide bonds. The highest BCUT2D eigenvalue weighted by atomic mass is 79.9. The van der Waals surface area contributed by atoms with Crippen LogP contribution in [0, 0.1) is 11.8 Å². The highest BCUT2D eigenvalue weighted by Crippen LogP contribution is 2.27. The Kier molecular flexibility index (Phi) is 5.37. The van der Waals surface area contributed by atoms with E-state index < -0.39 is 0 Å². The standard InChI is InChI=1S/C13H16BrNO/c1-3-4-5-8-15-10(2)12-9-11(14)6-7-13(12)16/h6-7,9-10,15-16H,5,8H2,1-2H3/t10-/m1/s1. The first-order valence-corrected chi connectivity index (χ1v) is 6.06. The summed E-state index contributed by atoms with van der Waals surface area (Å²) >= 11 is 3.40. The maximum atomic E-state index is 9.72. The fraction of sp³-hybridized carbons (Fsp3) is 0.385. The van der Waals surface area contributed by atoms with Gasteiger partial charge in [0.05, 0.1) is 0 Å². The van der Waals surface area contributed by atoms with Gasteiger partial charge in [0.2, 0.25) is 0 Å². The van der Waals surface area contributed by atoms with E-state index in [0.29, 0.717) is 5.75 Å². The topological polar surface area (TPSA) is 32.3 Å². The summed E-state index contributed by atoms with van der Waals surface area (Å²) in [6.07, 6.45) is 0.829. The van der Waals surface area contributed by atoms with Gasteiger partial charge in [-0.05, 0) is 32.0 Å². The van der Waals surface area contributed by atoms with Gasteiger partial charge in [-0.25, -0.2) is 0 Å². The summed E-state index contributed by atoms with van der Waals surface area (Å²) in [5.74, 6) is 6.18. The lowest BCUT2D eigenvalue weighted by Crippen LogP contribution is -2.19. The van der Waals surface area contributed by atoms with E-state index in [0.717, 1.165) is 23.0 Å². The van der Waals surface area contributed by atoms with Crippen molar-refractivity contribution in [3.8, 4) is 17.6 Å². The lowest BCUT2D eigenvalue weighted by atomic mass is 10.1. The second-order valence-corrected chi connectivity index (χ2v) is 4.47. The Morgan fingerprint density at radius 3 is 2.94 bits per heavy atom. The predicted octanol–water partition coefficient (Wildman–Crippen LogP) is 3.22. The zero-order valence-corrected chi connectivity index (χ0v) is 11.1. The first kappa shape index (κ1) is 13.1. The molecule has 0 aliphatic heterocycles. The van der Waals surface area contributed by atoms with Gasteiger partial charge in [0, 0.05) is 29.0 Å². The van der Waals surface area contributed by atoms with Crippen LogP contribution < -0.4 is 5.32 Å². The van der Waals surface area contributed by atoms with Gasteiger partial charge in [0.15, 0.2) is 0 Å². The number of phenolic OH excluding ortho intramolecular Hbond substituents is 1. The molecule has 1 atom stereocenters. The molecule has 0 bridgehead atoms. The van der Waals surface area contributed by atoms with Crippen molar-refractivity contribution >= 4 is 15.9 Å². The maximum absolute atomic E-state index is 9.72. The van der Waals surface area contributed by atoms with Gasteiger partial charge in [-0.2, -0.15) is 0 Å². The highest BCUT2D eigenvalue weighted by Gasteiger charge is 2.09. The van der Waals surface area contributed by atoms with Crippen LogP contribution in [0.2, 0.25) is 0 Å². The van der Waals surface area contributed by atoms with Gasteiger partial charge in [-0.3, -0.25) is 0 Å². The van der Waals surface area contributed by atoms with E-state index in [4.69, 9.17) is 0 Å². The number of hydrogen-bond donors (Lipinski definition) is 2. The zero-order chi connectivity index (χ0) is 12.0. The lowest BCUT2D eigenvalue weighted by molar-refractivity contribution is 0.453. The van der Waals surface area contributed by atoms with Crippen molar-refractivity contribution < 1.29 is 5.11 Å². The third-order valence-electron chi connectivity index (χ3n) is 2.33. The summed E-state index contributed by atoms with van der Waals surface area (Å²) < 4.78 is 0.974. The van der Waals surface area contributed by atoms with Crippen LogP contribution in [0.4, 0.5) is 0 Å². The Balaban J connectivity index is 2.60. The molecule has 2 N–H and O–H groups in total. The van der Waals surface area contributed by atoms with E-state index in [2.05, 4.69) is 33.1 Å². The fourth-order valence-electron chi connectivity index (χ4n) is 1.46. The maximum Gasteiger partial charge on any atom is 0.120 e. The minimum absolute atomic E-state index is 0.121. The van der Waals surface area contributed by atoms with Crippen LogP contribution in [0.25, 0.3) is 0 Å². The molecular formula is C13H16BrNO. The molecule has 16 heavy (non-hydrogen) atoms. The molecule has 0 aliphatic rings. The summed E-state index contributed by atoms with van der Waals surface area (Å²) in [5, 5.41) is 13.0. The van der Waals surface area contributed by atoms with Gasteiger partial charge < -0.3 is 10.4 Å². The SMILES string of the molecule is CC#CCCN[C@H](C)c1cc(Br)ccc1O. The van der Waals surface area contributed by atoms with Crippen LogP contribution >= 0.6 is 15.9 Å². The molecule has 1 rings (SSSR count). The Hall–Kier alpha value is -0.980. The molecule has 0 saturated heterocycles. The van der Waals surface area contributed by atoms with Crippen molar-refractivity contribution in [1.29, 1.82) is 0 Å². The van der Waals surface area contributed by atoms with Gasteiger partial charge in [-0.15, -0.1) is 11.8 Å². The fourth-order valence-corrected chi connectivity index (χ4v) is 1.84. The van der Waals surface area contributed by atoms with Gasteiger partial charge in [-0.1, -0.05) is 15.9 Å². The molecule has 1 aromatic carbocycles. The number of benzene rings is 1. The summed E-state index contributed by atoms with van der Waals surface area (Å²) in [4.78, 5) is 0. The summed E-state index contributed by atoms with van der Waals surface area (Å²) in [6.45, 7) is 4.69. The van der Waals surface area contributed by atoms with Crippen LogP contribution in [0.15, 0.2) is 22.7 Å². The molecule has 0 aliphatic carbocycles. The van der Waals surface area contributed by atoms with E-state index in [-0.39, 0.29) is 6.04 Å². The van der Waals surface area contributed by atoms with Crippen molar-refractivity contribution in [2.45, 2.75) is 26.3 Å². The van der Waals surface area contributed by atoms with E-state index in [1.54, 1.807) is 6.07 Å². The summed E-state index contributed by atoms with van der Waals surface area (Å²) in [5.41, 5.74) is 0.902. The van der Waals surface area contributed by atoms with E-state index >= 15 is 0 Å². The number of aromatic hydroxyl groups is 1. The molecule has 2 nitrogen and oxygen atoms in total. The number of nitrogens with one attached hydrogen (secondary N) is 1. The van der Waals surface area contributed by atoms with Gasteiger partial charge >= 0.3 is 0 Å². The Morgan fingerprint density at radius 1 is 1.50 bits per heavy atom. The quantitative estimate of drug-likeness (QED) is 0.656. The Labute approximate surface area is 105 Å². The van der Waals surface area contributed by atoms with Crippen LogP contribution in [-0.2, 0) is 0 Å². The van der Waals surface area contributed by atoms with Crippen molar-refractivity contribution in [3.63, 3.8) is 0 Å². The minimum atomic E-state index is 0.121. The minimum Gasteiger partial charge on any atom is -0.508 e. The highest BCUT2D eigenvalue weighted by molar-refractivity contribution is 9.10. The van der Waals surface area contributed by atoms with Crippen molar-refractivity contribution in [2.75, 3.05) is 6.54 Å². The average molecular weight is 282 g/mol. The van der Waals surface area contributed by atoms with Crippen molar-refractivity contribution in [1.82, 2.24) is 5.32 Å². The molecule has 0 fully saturated rings. The van der Waals surface area contributed by atoms with Crippen molar-refractivity contribution in [2.24, 2.45) is 0 Å². The normalized spacial score (nSPS) is 11.7.